The van der Waals surface area contributed by atoms with Gasteiger partial charge < -0.3 is 5.73 Å². The van der Waals surface area contributed by atoms with Gasteiger partial charge in [0.2, 0.25) is 5.91 Å². The number of nitrogens with zero attached hydrogens (tertiary/aromatic N) is 1. The third-order valence-electron chi connectivity index (χ3n) is 2.02. The van der Waals surface area contributed by atoms with Crippen LogP contribution in [0, 0.1) is 17.2 Å². The lowest BCUT2D eigenvalue weighted by Gasteiger charge is -2.13. The van der Waals surface area contributed by atoms with Crippen molar-refractivity contribution in [3.8, 4) is 6.07 Å². The van der Waals surface area contributed by atoms with Crippen LogP contribution in [0.25, 0.3) is 0 Å². The van der Waals surface area contributed by atoms with Crippen molar-refractivity contribution >= 4 is 11.7 Å². The predicted molar refractivity (Wildman–Crippen MR) is 45.2 cm³/mol. The summed E-state index contributed by atoms with van der Waals surface area (Å²) < 4.78 is 0. The molecule has 1 unspecified atom stereocenters. The Hall–Kier alpha value is -1.63. The zero-order valence-electron chi connectivity index (χ0n) is 7.12. The van der Waals surface area contributed by atoms with Crippen molar-refractivity contribution < 1.29 is 9.59 Å². The van der Waals surface area contributed by atoms with Crippen LogP contribution in [0.4, 0.5) is 0 Å². The minimum absolute atomic E-state index is 0.0252. The van der Waals surface area contributed by atoms with Gasteiger partial charge in [0.25, 0.3) is 0 Å². The van der Waals surface area contributed by atoms with Crippen LogP contribution in [-0.2, 0) is 9.59 Å². The standard InChI is InChI=1S/C9H10N2O2/c10-5-8(9(11)13)6-2-1-3-7(12)4-6/h4,8H,1-3H2,(H2,11,13). The lowest BCUT2D eigenvalue weighted by Crippen LogP contribution is -2.25. The fraction of sp³-hybridized carbons (Fsp3) is 0.444. The molecular formula is C9H10N2O2. The molecule has 4 nitrogen and oxygen atoms in total. The Kier molecular flexibility index (Phi) is 2.80. The van der Waals surface area contributed by atoms with Crippen molar-refractivity contribution in [2.75, 3.05) is 0 Å². The minimum atomic E-state index is -0.927. The largest absolute Gasteiger partial charge is 0.368 e. The van der Waals surface area contributed by atoms with E-state index in [4.69, 9.17) is 11.0 Å². The number of primary amides is 1. The summed E-state index contributed by atoms with van der Waals surface area (Å²) in [6.45, 7) is 0. The molecule has 13 heavy (non-hydrogen) atoms. The summed E-state index contributed by atoms with van der Waals surface area (Å²) in [5.41, 5.74) is 5.57. The quantitative estimate of drug-likeness (QED) is 0.659. The van der Waals surface area contributed by atoms with Gasteiger partial charge in [-0.1, -0.05) is 0 Å². The third kappa shape index (κ3) is 2.15. The highest BCUT2D eigenvalue weighted by molar-refractivity contribution is 5.93. The van der Waals surface area contributed by atoms with Crippen molar-refractivity contribution in [2.24, 2.45) is 11.7 Å². The number of nitriles is 1. The van der Waals surface area contributed by atoms with Crippen LogP contribution in [0.2, 0.25) is 0 Å². The summed E-state index contributed by atoms with van der Waals surface area (Å²) >= 11 is 0. The zero-order valence-corrected chi connectivity index (χ0v) is 7.12. The van der Waals surface area contributed by atoms with E-state index < -0.39 is 11.8 Å². The molecule has 0 bridgehead atoms. The predicted octanol–water partition coefficient (Wildman–Crippen LogP) is 0.291. The molecule has 0 spiro atoms. The van der Waals surface area contributed by atoms with Crippen LogP contribution < -0.4 is 5.73 Å². The SMILES string of the molecule is N#CC(C(N)=O)C1=CC(=O)CCC1. The molecule has 1 aliphatic rings. The highest BCUT2D eigenvalue weighted by Gasteiger charge is 2.22. The van der Waals surface area contributed by atoms with Crippen LogP contribution in [-0.4, -0.2) is 11.7 Å². The molecular weight excluding hydrogens is 168 g/mol. The van der Waals surface area contributed by atoms with Gasteiger partial charge in [-0.3, -0.25) is 9.59 Å². The molecule has 0 aromatic carbocycles. The third-order valence-corrected chi connectivity index (χ3v) is 2.02. The van der Waals surface area contributed by atoms with Gasteiger partial charge in [-0.2, -0.15) is 5.26 Å². The lowest BCUT2D eigenvalue weighted by molar-refractivity contribution is -0.119. The van der Waals surface area contributed by atoms with Gasteiger partial charge in [0.15, 0.2) is 5.78 Å². The van der Waals surface area contributed by atoms with Crippen molar-refractivity contribution in [3.63, 3.8) is 0 Å². The maximum absolute atomic E-state index is 11.0. The first-order chi connectivity index (χ1) is 6.15. The van der Waals surface area contributed by atoms with Crippen LogP contribution in [0.1, 0.15) is 19.3 Å². The first-order valence-electron chi connectivity index (χ1n) is 4.07. The van der Waals surface area contributed by atoms with Crippen molar-refractivity contribution in [1.29, 1.82) is 5.26 Å². The minimum Gasteiger partial charge on any atom is -0.368 e. The van der Waals surface area contributed by atoms with Gasteiger partial charge in [0.1, 0.15) is 5.92 Å². The van der Waals surface area contributed by atoms with Gasteiger partial charge in [0, 0.05) is 6.42 Å². The van der Waals surface area contributed by atoms with E-state index in [2.05, 4.69) is 0 Å². The van der Waals surface area contributed by atoms with Crippen LogP contribution in [0.15, 0.2) is 11.6 Å². The van der Waals surface area contributed by atoms with E-state index in [1.807, 2.05) is 0 Å². The molecule has 2 N–H and O–H groups in total. The maximum Gasteiger partial charge on any atom is 0.238 e. The molecule has 1 aliphatic carbocycles. The van der Waals surface area contributed by atoms with Gasteiger partial charge >= 0.3 is 0 Å². The normalized spacial score (nSPS) is 18.7. The van der Waals surface area contributed by atoms with E-state index >= 15 is 0 Å². The molecule has 1 amide bonds. The first-order valence-corrected chi connectivity index (χ1v) is 4.07. The van der Waals surface area contributed by atoms with E-state index in [1.54, 1.807) is 6.07 Å². The molecule has 0 fully saturated rings. The molecule has 0 saturated carbocycles. The first kappa shape index (κ1) is 9.46. The van der Waals surface area contributed by atoms with Gasteiger partial charge in [-0.25, -0.2) is 0 Å². The summed E-state index contributed by atoms with van der Waals surface area (Å²) in [5.74, 6) is -1.63. The molecule has 0 aromatic heterocycles. The zero-order chi connectivity index (χ0) is 9.84. The Morgan fingerprint density at radius 1 is 1.62 bits per heavy atom. The van der Waals surface area contributed by atoms with Crippen LogP contribution in [0.5, 0.6) is 0 Å². The number of nitrogens with two attached hydrogens (primary N) is 1. The molecule has 1 atom stereocenters. The molecule has 0 aromatic rings. The van der Waals surface area contributed by atoms with E-state index in [-0.39, 0.29) is 5.78 Å². The van der Waals surface area contributed by atoms with E-state index in [0.29, 0.717) is 24.8 Å². The summed E-state index contributed by atoms with van der Waals surface area (Å²) in [4.78, 5) is 21.8. The lowest BCUT2D eigenvalue weighted by atomic mass is 9.89. The second kappa shape index (κ2) is 3.85. The fourth-order valence-electron chi connectivity index (χ4n) is 1.37. The summed E-state index contributed by atoms with van der Waals surface area (Å²) in [5, 5.41) is 8.63. The Morgan fingerprint density at radius 2 is 2.31 bits per heavy atom. The summed E-state index contributed by atoms with van der Waals surface area (Å²) in [7, 11) is 0. The van der Waals surface area contributed by atoms with E-state index in [1.165, 1.54) is 6.08 Å². The molecule has 0 aliphatic heterocycles. The molecule has 1 rings (SSSR count). The van der Waals surface area contributed by atoms with Crippen molar-refractivity contribution in [3.05, 3.63) is 11.6 Å². The summed E-state index contributed by atoms with van der Waals surface area (Å²) in [6.07, 6.45) is 3.20. The Bertz CT molecular complexity index is 312. The number of amides is 1. The molecule has 0 radical (unpaired) electrons. The van der Waals surface area contributed by atoms with Crippen LogP contribution in [0.3, 0.4) is 0 Å². The molecule has 0 heterocycles. The van der Waals surface area contributed by atoms with Crippen molar-refractivity contribution in [2.45, 2.75) is 19.3 Å². The fourth-order valence-corrected chi connectivity index (χ4v) is 1.37. The average Bonchev–Trinajstić information content (AvgIpc) is 2.04. The number of carbonyl (C=O) groups is 2. The van der Waals surface area contributed by atoms with Crippen LogP contribution >= 0.6 is 0 Å². The van der Waals surface area contributed by atoms with Gasteiger partial charge in [0.05, 0.1) is 6.07 Å². The van der Waals surface area contributed by atoms with E-state index in [0.717, 1.165) is 0 Å². The summed E-state index contributed by atoms with van der Waals surface area (Å²) in [6, 6.07) is 1.80. The maximum atomic E-state index is 11.0. The highest BCUT2D eigenvalue weighted by Crippen LogP contribution is 2.21. The topological polar surface area (TPSA) is 83.9 Å². The number of ketones is 1. The van der Waals surface area contributed by atoms with Crippen molar-refractivity contribution in [1.82, 2.24) is 0 Å². The number of hydrogen-bond donors (Lipinski definition) is 1. The second-order valence-corrected chi connectivity index (χ2v) is 3.00. The number of rotatable bonds is 2. The second-order valence-electron chi connectivity index (χ2n) is 3.00. The monoisotopic (exact) mass is 178 g/mol. The highest BCUT2D eigenvalue weighted by atomic mass is 16.1. The molecule has 68 valence electrons. The number of allylic oxidation sites excluding steroid dienone is 1. The molecule has 0 saturated heterocycles. The number of hydrogen-bond acceptors (Lipinski definition) is 3. The Morgan fingerprint density at radius 3 is 2.77 bits per heavy atom. The Labute approximate surface area is 76.0 Å². The molecule has 4 heteroatoms. The number of carbonyl (C=O) groups excluding carboxylic acids is 2. The van der Waals surface area contributed by atoms with Gasteiger partial charge in [-0.15, -0.1) is 0 Å². The smallest absolute Gasteiger partial charge is 0.238 e. The Balaban J connectivity index is 2.87. The average molecular weight is 178 g/mol. The van der Waals surface area contributed by atoms with E-state index in [9.17, 15) is 9.59 Å². The van der Waals surface area contributed by atoms with Gasteiger partial charge in [-0.05, 0) is 24.5 Å².